The van der Waals surface area contributed by atoms with E-state index in [1.807, 2.05) is 0 Å². The van der Waals surface area contributed by atoms with Gasteiger partial charge in [0, 0.05) is 19.5 Å². The first-order valence-corrected chi connectivity index (χ1v) is 2.58. The molecule has 0 aliphatic heterocycles. The minimum Gasteiger partial charge on any atom is -1.00 e. The van der Waals surface area contributed by atoms with Crippen molar-refractivity contribution in [1.82, 2.24) is 0 Å². The van der Waals surface area contributed by atoms with E-state index < -0.39 is 17.8 Å². The molecule has 0 N–H and O–H groups in total. The molecule has 0 heterocycles. The smallest absolute Gasteiger partial charge is 0.259 e. The predicted molar refractivity (Wildman–Crippen MR) is 31.9 cm³/mol. The topological polar surface area (TPSA) is 0 Å². The maximum Gasteiger partial charge on any atom is 0.259 e. The van der Waals surface area contributed by atoms with Crippen LogP contribution >= 0.6 is 0 Å². The second kappa shape index (κ2) is 5.71. The predicted octanol–water partition coefficient (Wildman–Crippen LogP) is -0.234. The molecular weight excluding hydrogens is 286 g/mol. The summed E-state index contributed by atoms with van der Waals surface area (Å²) in [6, 6.07) is 0. The molecule has 1 radical (unpaired) electrons. The van der Waals surface area contributed by atoms with Gasteiger partial charge in [0.05, 0.1) is 0 Å². The summed E-state index contributed by atoms with van der Waals surface area (Å²) in [5, 5.41) is 0. The van der Waals surface area contributed by atoms with Gasteiger partial charge in [0.25, 0.3) is 6.17 Å². The molecule has 1 aliphatic carbocycles. The first kappa shape index (κ1) is 14.6. The summed E-state index contributed by atoms with van der Waals surface area (Å²) in [5.74, 6) is -2.41. The fourth-order valence-electron chi connectivity index (χ4n) is 0.608. The van der Waals surface area contributed by atoms with Crippen LogP contribution in [0.3, 0.4) is 0 Å². The normalized spacial score (nSPS) is 17.1. The van der Waals surface area contributed by atoms with E-state index in [9.17, 15) is 13.2 Å². The van der Waals surface area contributed by atoms with E-state index in [1.165, 1.54) is 0 Å². The molecule has 63 valence electrons. The van der Waals surface area contributed by atoms with Gasteiger partial charge in [-0.3, -0.25) is 0 Å². The second-order valence-electron chi connectivity index (χ2n) is 1.87. The van der Waals surface area contributed by atoms with Gasteiger partial charge in [-0.15, -0.1) is 0 Å². The van der Waals surface area contributed by atoms with E-state index in [0.717, 1.165) is 12.2 Å². The summed E-state index contributed by atoms with van der Waals surface area (Å²) in [6.45, 7) is 3.24. The van der Waals surface area contributed by atoms with Crippen molar-refractivity contribution >= 4 is 0 Å². The van der Waals surface area contributed by atoms with Gasteiger partial charge in [-0.05, 0) is 17.7 Å². The Morgan fingerprint density at radius 1 is 1.00 bits per heavy atom. The SMILES string of the molecule is C=C1C=C(F)[C](F)C(F)=C1.[Br-].[Zn]. The average Bonchev–Trinajstić information content (AvgIpc) is 1.82. The number of hydrogen-bond acceptors (Lipinski definition) is 0. The van der Waals surface area contributed by atoms with Gasteiger partial charge in [0.15, 0.2) is 0 Å². The van der Waals surface area contributed by atoms with Crippen molar-refractivity contribution in [1.29, 1.82) is 0 Å². The van der Waals surface area contributed by atoms with Crippen LogP contribution in [0, 0.1) is 6.17 Å². The first-order valence-electron chi connectivity index (χ1n) is 2.58. The second-order valence-corrected chi connectivity index (χ2v) is 1.87. The zero-order chi connectivity index (χ0) is 7.72. The summed E-state index contributed by atoms with van der Waals surface area (Å²) in [7, 11) is 0. The third kappa shape index (κ3) is 3.24. The van der Waals surface area contributed by atoms with Crippen molar-refractivity contribution in [2.45, 2.75) is 0 Å². The molecule has 0 spiro atoms. The monoisotopic (exact) mass is 288 g/mol. The molecule has 0 amide bonds. The number of hydrogen-bond donors (Lipinski definition) is 0. The molecule has 0 aromatic heterocycles. The van der Waals surface area contributed by atoms with Crippen LogP contribution in [0.5, 0.6) is 0 Å². The summed E-state index contributed by atoms with van der Waals surface area (Å²) in [4.78, 5) is 0. The van der Waals surface area contributed by atoms with E-state index in [0.29, 0.717) is 0 Å². The number of rotatable bonds is 0. The molecule has 0 nitrogen and oxygen atoms in total. The molecule has 12 heavy (non-hydrogen) atoms. The Morgan fingerprint density at radius 2 is 1.33 bits per heavy atom. The van der Waals surface area contributed by atoms with Crippen LogP contribution in [-0.2, 0) is 19.5 Å². The van der Waals surface area contributed by atoms with Crippen LogP contribution in [0.2, 0.25) is 0 Å². The summed E-state index contributed by atoms with van der Waals surface area (Å²) in [6.07, 6.45) is 0.212. The summed E-state index contributed by atoms with van der Waals surface area (Å²) >= 11 is 0. The van der Waals surface area contributed by atoms with E-state index in [1.54, 1.807) is 0 Å². The quantitative estimate of drug-likeness (QED) is 0.541. The van der Waals surface area contributed by atoms with Crippen molar-refractivity contribution in [3.05, 3.63) is 42.1 Å². The molecule has 0 fully saturated rings. The van der Waals surface area contributed by atoms with Gasteiger partial charge < -0.3 is 17.0 Å². The van der Waals surface area contributed by atoms with Crippen molar-refractivity contribution in [2.75, 3.05) is 0 Å². The molecule has 0 unspecified atom stereocenters. The summed E-state index contributed by atoms with van der Waals surface area (Å²) < 4.78 is 36.5. The van der Waals surface area contributed by atoms with Gasteiger partial charge in [0.2, 0.25) is 0 Å². The third-order valence-electron chi connectivity index (χ3n) is 1.04. The molecule has 0 aromatic carbocycles. The molecule has 0 bridgehead atoms. The van der Waals surface area contributed by atoms with E-state index in [-0.39, 0.29) is 42.0 Å². The van der Waals surface area contributed by atoms with Gasteiger partial charge in [-0.25, -0.2) is 13.2 Å². The zero-order valence-electron chi connectivity index (χ0n) is 6.08. The van der Waals surface area contributed by atoms with Gasteiger partial charge in [-0.1, -0.05) is 6.58 Å². The van der Waals surface area contributed by atoms with Crippen molar-refractivity contribution < 1.29 is 49.6 Å². The van der Waals surface area contributed by atoms with Gasteiger partial charge in [-0.2, -0.15) is 0 Å². The van der Waals surface area contributed by atoms with Gasteiger partial charge >= 0.3 is 0 Å². The third-order valence-corrected chi connectivity index (χ3v) is 1.04. The molecule has 0 aromatic rings. The molecule has 1 rings (SSSR count). The van der Waals surface area contributed by atoms with Crippen LogP contribution in [0.4, 0.5) is 13.2 Å². The van der Waals surface area contributed by atoms with Crippen LogP contribution in [0.15, 0.2) is 36.0 Å². The number of halogens is 4. The minimum atomic E-state index is -1.45. The van der Waals surface area contributed by atoms with E-state index in [4.69, 9.17) is 0 Å². The van der Waals surface area contributed by atoms with Crippen LogP contribution < -0.4 is 17.0 Å². The fraction of sp³-hybridized carbons (Fsp3) is 0. The van der Waals surface area contributed by atoms with Crippen LogP contribution in [0.25, 0.3) is 0 Å². The molecule has 0 saturated heterocycles. The van der Waals surface area contributed by atoms with E-state index in [2.05, 4.69) is 6.58 Å². The Labute approximate surface area is 91.7 Å². The minimum absolute atomic E-state index is 0. The Morgan fingerprint density at radius 3 is 1.67 bits per heavy atom. The molecule has 1 aliphatic rings. The van der Waals surface area contributed by atoms with E-state index >= 15 is 0 Å². The maximum atomic E-state index is 12.2. The van der Waals surface area contributed by atoms with Crippen LogP contribution in [-0.4, -0.2) is 0 Å². The Bertz CT molecular complexity index is 213. The van der Waals surface area contributed by atoms with Crippen molar-refractivity contribution in [3.63, 3.8) is 0 Å². The molecule has 0 atom stereocenters. The molecule has 0 saturated carbocycles. The largest absolute Gasteiger partial charge is 1.00 e. The Balaban J connectivity index is 0. The molecular formula is C7H4BrF3Zn-. The van der Waals surface area contributed by atoms with Crippen molar-refractivity contribution in [3.8, 4) is 0 Å². The standard InChI is InChI=1S/C7H4F3.BrH.Zn/c1-4-2-5(8)7(10)6(9)3-4;;/h2-3H,1H2;1H;/p-1. The Hall–Kier alpha value is 0.113. The van der Waals surface area contributed by atoms with Crippen molar-refractivity contribution in [2.24, 2.45) is 0 Å². The molecule has 5 heteroatoms. The number of allylic oxidation sites excluding steroid dienone is 5. The Kier molecular flexibility index (Phi) is 6.96. The fourth-order valence-corrected chi connectivity index (χ4v) is 0.608. The van der Waals surface area contributed by atoms with Gasteiger partial charge in [0.1, 0.15) is 11.7 Å². The summed E-state index contributed by atoms with van der Waals surface area (Å²) in [5.41, 5.74) is 0.122. The first-order chi connectivity index (χ1) is 4.61. The zero-order valence-corrected chi connectivity index (χ0v) is 10.6. The van der Waals surface area contributed by atoms with Crippen LogP contribution in [0.1, 0.15) is 0 Å². The average molecular weight is 290 g/mol. The maximum absolute atomic E-state index is 12.2.